The Balaban J connectivity index is 1.79. The molecule has 0 aliphatic rings. The Morgan fingerprint density at radius 1 is 1.24 bits per heavy atom. The van der Waals surface area contributed by atoms with Crippen LogP contribution in [-0.2, 0) is 11.3 Å². The van der Waals surface area contributed by atoms with E-state index in [1.54, 1.807) is 12.3 Å². The van der Waals surface area contributed by atoms with Crippen LogP contribution in [0.3, 0.4) is 0 Å². The molecule has 0 aliphatic heterocycles. The van der Waals surface area contributed by atoms with Crippen molar-refractivity contribution in [2.24, 2.45) is 0 Å². The van der Waals surface area contributed by atoms with Crippen LogP contribution in [0, 0.1) is 12.7 Å². The SMILES string of the molecule is COc1ccc(C(=O)OCc2cc(=O)n3cc(C)ccc3n2)c(F)c1. The summed E-state index contributed by atoms with van der Waals surface area (Å²) in [5.41, 5.74) is 1.16. The van der Waals surface area contributed by atoms with Crippen molar-refractivity contribution < 1.29 is 18.7 Å². The molecule has 0 radical (unpaired) electrons. The molecule has 6 nitrogen and oxygen atoms in total. The first-order valence-corrected chi connectivity index (χ1v) is 7.47. The molecule has 1 aromatic carbocycles. The van der Waals surface area contributed by atoms with Crippen molar-refractivity contribution in [3.63, 3.8) is 0 Å². The number of nitrogens with zero attached hydrogens (tertiary/aromatic N) is 2. The van der Waals surface area contributed by atoms with E-state index in [1.807, 2.05) is 13.0 Å². The smallest absolute Gasteiger partial charge is 0.341 e. The maximum Gasteiger partial charge on any atom is 0.341 e. The summed E-state index contributed by atoms with van der Waals surface area (Å²) in [6.07, 6.45) is 1.67. The fraction of sp³-hybridized carbons (Fsp3) is 0.167. The summed E-state index contributed by atoms with van der Waals surface area (Å²) in [5.74, 6) is -1.29. The van der Waals surface area contributed by atoms with Gasteiger partial charge in [-0.15, -0.1) is 0 Å². The van der Waals surface area contributed by atoms with Crippen LogP contribution >= 0.6 is 0 Å². The number of hydrogen-bond donors (Lipinski definition) is 0. The highest BCUT2D eigenvalue weighted by atomic mass is 19.1. The molecule has 0 spiro atoms. The van der Waals surface area contributed by atoms with Crippen molar-refractivity contribution in [3.05, 3.63) is 75.6 Å². The molecule has 7 heteroatoms. The van der Waals surface area contributed by atoms with Gasteiger partial charge in [-0.3, -0.25) is 9.20 Å². The predicted octanol–water partition coefficient (Wildman–Crippen LogP) is 2.51. The molecule has 0 fully saturated rings. The van der Waals surface area contributed by atoms with Crippen molar-refractivity contribution in [3.8, 4) is 5.75 Å². The van der Waals surface area contributed by atoms with Gasteiger partial charge in [-0.1, -0.05) is 6.07 Å². The zero-order valence-corrected chi connectivity index (χ0v) is 13.7. The number of aryl methyl sites for hydroxylation is 1. The number of carbonyl (C=O) groups excluding carboxylic acids is 1. The molecule has 2 aromatic heterocycles. The molecule has 0 unspecified atom stereocenters. The van der Waals surface area contributed by atoms with Crippen LogP contribution in [0.2, 0.25) is 0 Å². The minimum atomic E-state index is -0.842. The molecular weight excluding hydrogens is 327 g/mol. The van der Waals surface area contributed by atoms with Gasteiger partial charge in [0.05, 0.1) is 18.4 Å². The summed E-state index contributed by atoms with van der Waals surface area (Å²) >= 11 is 0. The number of methoxy groups -OCH3 is 1. The minimum Gasteiger partial charge on any atom is -0.497 e. The van der Waals surface area contributed by atoms with Gasteiger partial charge >= 0.3 is 5.97 Å². The Bertz CT molecular complexity index is 1010. The molecule has 0 aliphatic carbocycles. The lowest BCUT2D eigenvalue weighted by atomic mass is 10.2. The average molecular weight is 342 g/mol. The molecule has 3 rings (SSSR count). The Hall–Kier alpha value is -3.22. The van der Waals surface area contributed by atoms with Crippen molar-refractivity contribution in [2.75, 3.05) is 7.11 Å². The maximum atomic E-state index is 13.9. The summed E-state index contributed by atoms with van der Waals surface area (Å²) < 4.78 is 25.2. The lowest BCUT2D eigenvalue weighted by molar-refractivity contribution is 0.0462. The maximum absolute atomic E-state index is 13.9. The zero-order valence-electron chi connectivity index (χ0n) is 13.7. The first-order valence-electron chi connectivity index (χ1n) is 7.47. The Labute approximate surface area is 142 Å². The number of benzene rings is 1. The van der Waals surface area contributed by atoms with Crippen LogP contribution < -0.4 is 10.3 Å². The van der Waals surface area contributed by atoms with E-state index in [4.69, 9.17) is 9.47 Å². The van der Waals surface area contributed by atoms with Crippen LogP contribution in [0.25, 0.3) is 5.65 Å². The third-order valence-corrected chi connectivity index (χ3v) is 3.61. The molecule has 128 valence electrons. The number of rotatable bonds is 4. The molecule has 0 saturated heterocycles. The van der Waals surface area contributed by atoms with Gasteiger partial charge in [0.25, 0.3) is 5.56 Å². The van der Waals surface area contributed by atoms with E-state index in [1.165, 1.54) is 29.7 Å². The van der Waals surface area contributed by atoms with E-state index in [0.29, 0.717) is 11.4 Å². The fourth-order valence-corrected chi connectivity index (χ4v) is 2.34. The number of halogens is 1. The number of hydrogen-bond acceptors (Lipinski definition) is 5. The molecule has 0 amide bonds. The number of esters is 1. The highest BCUT2D eigenvalue weighted by Gasteiger charge is 2.15. The van der Waals surface area contributed by atoms with Crippen LogP contribution in [0.15, 0.2) is 47.4 Å². The van der Waals surface area contributed by atoms with Crippen molar-refractivity contribution in [1.29, 1.82) is 0 Å². The van der Waals surface area contributed by atoms with Crippen molar-refractivity contribution in [2.45, 2.75) is 13.5 Å². The van der Waals surface area contributed by atoms with Gasteiger partial charge in [0, 0.05) is 18.3 Å². The number of aromatic nitrogens is 2. The topological polar surface area (TPSA) is 69.9 Å². The predicted molar refractivity (Wildman–Crippen MR) is 88.3 cm³/mol. The molecule has 0 atom stereocenters. The lowest BCUT2D eigenvalue weighted by Gasteiger charge is -2.08. The molecule has 0 saturated carbocycles. The molecule has 0 N–H and O–H groups in total. The summed E-state index contributed by atoms with van der Waals surface area (Å²) in [6.45, 7) is 1.63. The van der Waals surface area contributed by atoms with Crippen LogP contribution in [0.4, 0.5) is 4.39 Å². The molecule has 25 heavy (non-hydrogen) atoms. The van der Waals surface area contributed by atoms with E-state index in [2.05, 4.69) is 4.98 Å². The Morgan fingerprint density at radius 3 is 2.76 bits per heavy atom. The average Bonchev–Trinajstić information content (AvgIpc) is 2.60. The second-order valence-electron chi connectivity index (χ2n) is 5.44. The molecule has 0 bridgehead atoms. The van der Waals surface area contributed by atoms with E-state index in [9.17, 15) is 14.0 Å². The molecular formula is C18H15FN2O4. The first-order chi connectivity index (χ1) is 12.0. The van der Waals surface area contributed by atoms with Gasteiger partial charge in [-0.2, -0.15) is 0 Å². The van der Waals surface area contributed by atoms with E-state index < -0.39 is 11.8 Å². The van der Waals surface area contributed by atoms with Crippen LogP contribution in [0.1, 0.15) is 21.6 Å². The van der Waals surface area contributed by atoms with Gasteiger partial charge in [-0.25, -0.2) is 14.2 Å². The molecule has 3 aromatic rings. The largest absolute Gasteiger partial charge is 0.497 e. The van der Waals surface area contributed by atoms with E-state index in [0.717, 1.165) is 11.6 Å². The highest BCUT2D eigenvalue weighted by molar-refractivity contribution is 5.89. The van der Waals surface area contributed by atoms with E-state index >= 15 is 0 Å². The third kappa shape index (κ3) is 3.50. The van der Waals surface area contributed by atoms with E-state index in [-0.39, 0.29) is 23.4 Å². The van der Waals surface area contributed by atoms with Gasteiger partial charge in [0.2, 0.25) is 0 Å². The second kappa shape index (κ2) is 6.72. The molecule has 2 heterocycles. The monoisotopic (exact) mass is 342 g/mol. The number of carbonyl (C=O) groups is 1. The number of pyridine rings is 1. The summed E-state index contributed by atoms with van der Waals surface area (Å²) in [7, 11) is 1.40. The summed E-state index contributed by atoms with van der Waals surface area (Å²) in [5, 5.41) is 0. The quantitative estimate of drug-likeness (QED) is 0.682. The highest BCUT2D eigenvalue weighted by Crippen LogP contribution is 2.17. The first kappa shape index (κ1) is 16.6. The minimum absolute atomic E-state index is 0.214. The van der Waals surface area contributed by atoms with Crippen LogP contribution in [0.5, 0.6) is 5.75 Å². The summed E-state index contributed by atoms with van der Waals surface area (Å²) in [6, 6.07) is 8.64. The van der Waals surface area contributed by atoms with Gasteiger partial charge in [0.15, 0.2) is 0 Å². The summed E-state index contributed by atoms with van der Waals surface area (Å²) in [4.78, 5) is 28.4. The normalized spacial score (nSPS) is 10.7. The van der Waals surface area contributed by atoms with Gasteiger partial charge in [-0.05, 0) is 30.7 Å². The zero-order chi connectivity index (χ0) is 18.0. The third-order valence-electron chi connectivity index (χ3n) is 3.61. The van der Waals surface area contributed by atoms with Crippen LogP contribution in [-0.4, -0.2) is 22.5 Å². The Kier molecular flexibility index (Phi) is 4.47. The lowest BCUT2D eigenvalue weighted by Crippen LogP contribution is -2.17. The fourth-order valence-electron chi connectivity index (χ4n) is 2.34. The number of ether oxygens (including phenoxy) is 2. The van der Waals surface area contributed by atoms with Crippen molar-refractivity contribution >= 4 is 11.6 Å². The van der Waals surface area contributed by atoms with Crippen molar-refractivity contribution in [1.82, 2.24) is 9.38 Å². The second-order valence-corrected chi connectivity index (χ2v) is 5.44. The van der Waals surface area contributed by atoms with Gasteiger partial charge in [0.1, 0.15) is 23.8 Å². The van der Waals surface area contributed by atoms with Gasteiger partial charge < -0.3 is 9.47 Å². The number of fused-ring (bicyclic) bond motifs is 1. The Morgan fingerprint density at radius 2 is 2.04 bits per heavy atom. The standard InChI is InChI=1S/C18H15FN2O4/c1-11-3-6-16-20-12(7-17(22)21(16)9-11)10-25-18(23)14-5-4-13(24-2)8-15(14)19/h3-9H,10H2,1-2H3.